The summed E-state index contributed by atoms with van der Waals surface area (Å²) < 4.78 is 27.1. The van der Waals surface area contributed by atoms with Gasteiger partial charge in [-0.05, 0) is 23.6 Å². The van der Waals surface area contributed by atoms with Crippen molar-refractivity contribution < 1.29 is 18.0 Å². The van der Waals surface area contributed by atoms with E-state index in [9.17, 15) is 18.0 Å². The van der Waals surface area contributed by atoms with Gasteiger partial charge in [0.1, 0.15) is 4.21 Å². The molecule has 2 aromatic rings. The Balaban J connectivity index is 1.21. The van der Waals surface area contributed by atoms with Crippen molar-refractivity contribution in [1.82, 2.24) is 19.0 Å². The second-order valence-corrected chi connectivity index (χ2v) is 10.9. The van der Waals surface area contributed by atoms with E-state index in [0.29, 0.717) is 56.6 Å². The zero-order valence-corrected chi connectivity index (χ0v) is 19.4. The van der Waals surface area contributed by atoms with Gasteiger partial charge in [-0.2, -0.15) is 4.31 Å². The van der Waals surface area contributed by atoms with Crippen molar-refractivity contribution in [2.24, 2.45) is 0 Å². The van der Waals surface area contributed by atoms with E-state index in [0.717, 1.165) is 5.69 Å². The van der Waals surface area contributed by atoms with E-state index < -0.39 is 10.0 Å². The Labute approximate surface area is 192 Å². The molecule has 1 aromatic heterocycles. The molecule has 2 saturated heterocycles. The molecule has 0 radical (unpaired) electrons. The van der Waals surface area contributed by atoms with Crippen molar-refractivity contribution >= 4 is 39.0 Å². The number of urea groups is 1. The van der Waals surface area contributed by atoms with Gasteiger partial charge in [0.2, 0.25) is 5.91 Å². The van der Waals surface area contributed by atoms with Gasteiger partial charge in [0.25, 0.3) is 10.0 Å². The van der Waals surface area contributed by atoms with Crippen molar-refractivity contribution in [3.05, 3.63) is 47.8 Å². The lowest BCUT2D eigenvalue weighted by Gasteiger charge is -2.37. The van der Waals surface area contributed by atoms with E-state index in [1.165, 1.54) is 15.6 Å². The fourth-order valence-corrected chi connectivity index (χ4v) is 6.41. The lowest BCUT2D eigenvalue weighted by molar-refractivity contribution is -0.134. The van der Waals surface area contributed by atoms with Crippen molar-refractivity contribution in [2.75, 3.05) is 64.2 Å². The predicted molar refractivity (Wildman–Crippen MR) is 123 cm³/mol. The summed E-state index contributed by atoms with van der Waals surface area (Å²) in [7, 11) is -3.44. The summed E-state index contributed by atoms with van der Waals surface area (Å²) in [4.78, 5) is 30.6. The van der Waals surface area contributed by atoms with Crippen LogP contribution in [0.3, 0.4) is 0 Å². The molecule has 172 valence electrons. The van der Waals surface area contributed by atoms with E-state index in [1.54, 1.807) is 27.3 Å². The molecule has 11 heteroatoms. The van der Waals surface area contributed by atoms with Crippen LogP contribution in [0, 0.1) is 0 Å². The van der Waals surface area contributed by atoms with Gasteiger partial charge in [0.05, 0.1) is 6.54 Å². The van der Waals surface area contributed by atoms with Crippen LogP contribution in [-0.4, -0.2) is 98.3 Å². The normalized spacial score (nSPS) is 18.5. The summed E-state index contributed by atoms with van der Waals surface area (Å²) in [5.41, 5.74) is 0.747. The van der Waals surface area contributed by atoms with Crippen LogP contribution in [0.5, 0.6) is 0 Å². The Morgan fingerprint density at radius 3 is 2.12 bits per heavy atom. The van der Waals surface area contributed by atoms with Crippen molar-refractivity contribution in [3.63, 3.8) is 0 Å². The zero-order valence-electron chi connectivity index (χ0n) is 17.7. The maximum atomic E-state index is 12.7. The Hall–Kier alpha value is -2.47. The lowest BCUT2D eigenvalue weighted by Crippen LogP contribution is -2.55. The molecule has 1 aromatic carbocycles. The highest BCUT2D eigenvalue weighted by Crippen LogP contribution is 2.22. The van der Waals surface area contributed by atoms with Gasteiger partial charge in [0.15, 0.2) is 0 Å². The fraction of sp³-hybridized carbons (Fsp3) is 0.429. The summed E-state index contributed by atoms with van der Waals surface area (Å²) in [6, 6.07) is 12.5. The third kappa shape index (κ3) is 5.29. The topological polar surface area (TPSA) is 93.3 Å². The maximum absolute atomic E-state index is 12.7. The van der Waals surface area contributed by atoms with Gasteiger partial charge in [0, 0.05) is 58.0 Å². The first kappa shape index (κ1) is 22.7. The molecule has 1 N–H and O–H groups in total. The molecule has 0 bridgehead atoms. The fourth-order valence-electron chi connectivity index (χ4n) is 3.84. The minimum Gasteiger partial charge on any atom is -0.338 e. The lowest BCUT2D eigenvalue weighted by atomic mass is 10.3. The number of sulfonamides is 1. The number of rotatable bonds is 5. The van der Waals surface area contributed by atoms with Crippen LogP contribution in [0.15, 0.2) is 52.1 Å². The molecule has 4 rings (SSSR count). The second-order valence-electron chi connectivity index (χ2n) is 7.78. The highest BCUT2D eigenvalue weighted by Gasteiger charge is 2.31. The van der Waals surface area contributed by atoms with Crippen LogP contribution in [-0.2, 0) is 14.8 Å². The first-order valence-corrected chi connectivity index (χ1v) is 12.9. The van der Waals surface area contributed by atoms with Gasteiger partial charge >= 0.3 is 6.03 Å². The minimum absolute atomic E-state index is 0.0164. The minimum atomic E-state index is -3.44. The van der Waals surface area contributed by atoms with Crippen molar-refractivity contribution in [1.29, 1.82) is 0 Å². The molecule has 2 aliphatic rings. The molecule has 2 aliphatic heterocycles. The van der Waals surface area contributed by atoms with Crippen LogP contribution < -0.4 is 5.32 Å². The molecule has 0 atom stereocenters. The summed E-state index contributed by atoms with van der Waals surface area (Å²) in [5.74, 6) is 0.0164. The summed E-state index contributed by atoms with van der Waals surface area (Å²) >= 11 is 1.22. The van der Waals surface area contributed by atoms with Crippen LogP contribution >= 0.6 is 11.3 Å². The number of para-hydroxylation sites is 1. The first-order valence-electron chi connectivity index (χ1n) is 10.6. The molecule has 9 nitrogen and oxygen atoms in total. The zero-order chi connectivity index (χ0) is 22.6. The number of hydrogen-bond acceptors (Lipinski definition) is 6. The molecule has 0 aliphatic carbocycles. The van der Waals surface area contributed by atoms with Gasteiger partial charge in [-0.3, -0.25) is 9.69 Å². The molecule has 2 fully saturated rings. The number of carbonyl (C=O) groups excluding carboxylic acids is 2. The molecular weight excluding hydrogens is 450 g/mol. The second kappa shape index (κ2) is 9.99. The van der Waals surface area contributed by atoms with Crippen LogP contribution in [0.2, 0.25) is 0 Å². The Bertz CT molecular complexity index is 1010. The summed E-state index contributed by atoms with van der Waals surface area (Å²) in [6.45, 7) is 4.02. The van der Waals surface area contributed by atoms with E-state index in [-0.39, 0.29) is 18.5 Å². The van der Waals surface area contributed by atoms with Crippen LogP contribution in [0.1, 0.15) is 0 Å². The Kier molecular flexibility index (Phi) is 7.09. The van der Waals surface area contributed by atoms with E-state index in [1.807, 2.05) is 35.2 Å². The quantitative estimate of drug-likeness (QED) is 0.703. The number of thiophene rings is 1. The highest BCUT2D eigenvalue weighted by atomic mass is 32.2. The molecule has 0 spiro atoms. The van der Waals surface area contributed by atoms with Crippen LogP contribution in [0.25, 0.3) is 0 Å². The summed E-state index contributed by atoms with van der Waals surface area (Å²) in [6.07, 6.45) is 0. The number of anilines is 1. The van der Waals surface area contributed by atoms with Crippen molar-refractivity contribution in [3.8, 4) is 0 Å². The first-order chi connectivity index (χ1) is 15.4. The van der Waals surface area contributed by atoms with Gasteiger partial charge in [-0.1, -0.05) is 24.3 Å². The summed E-state index contributed by atoms with van der Waals surface area (Å²) in [5, 5.41) is 4.63. The molecule has 3 heterocycles. The largest absolute Gasteiger partial charge is 0.338 e. The van der Waals surface area contributed by atoms with E-state index in [4.69, 9.17) is 0 Å². The standard InChI is InChI=1S/C21H27N5O4S2/c27-19(17-23-8-14-26(15-9-23)32(29,30)20-7-4-16-31-20)24-10-12-25(13-11-24)21(28)22-18-5-2-1-3-6-18/h1-7,16H,8-15,17H2,(H,22,28). The van der Waals surface area contributed by atoms with E-state index in [2.05, 4.69) is 5.32 Å². The number of nitrogens with zero attached hydrogens (tertiary/aromatic N) is 4. The number of amides is 3. The average Bonchev–Trinajstić information content (AvgIpc) is 3.36. The highest BCUT2D eigenvalue weighted by molar-refractivity contribution is 7.91. The average molecular weight is 478 g/mol. The van der Waals surface area contributed by atoms with Gasteiger partial charge < -0.3 is 15.1 Å². The molecule has 0 saturated carbocycles. The molecular formula is C21H27N5O4S2. The smallest absolute Gasteiger partial charge is 0.321 e. The Morgan fingerprint density at radius 2 is 1.50 bits per heavy atom. The molecule has 0 unspecified atom stereocenters. The molecule has 3 amide bonds. The molecule has 32 heavy (non-hydrogen) atoms. The number of piperazine rings is 2. The maximum Gasteiger partial charge on any atom is 0.321 e. The van der Waals surface area contributed by atoms with Gasteiger partial charge in [-0.25, -0.2) is 13.2 Å². The SMILES string of the molecule is O=C(CN1CCN(S(=O)(=O)c2cccs2)CC1)N1CCN(C(=O)Nc2ccccc2)CC1. The predicted octanol–water partition coefficient (Wildman–Crippen LogP) is 1.43. The third-order valence-electron chi connectivity index (χ3n) is 5.72. The van der Waals surface area contributed by atoms with Crippen LogP contribution in [0.4, 0.5) is 10.5 Å². The monoisotopic (exact) mass is 477 g/mol. The Morgan fingerprint density at radius 1 is 0.844 bits per heavy atom. The number of nitrogens with one attached hydrogen (secondary N) is 1. The van der Waals surface area contributed by atoms with Crippen molar-refractivity contribution in [2.45, 2.75) is 4.21 Å². The third-order valence-corrected chi connectivity index (χ3v) is 9.00. The van der Waals surface area contributed by atoms with Gasteiger partial charge in [-0.15, -0.1) is 11.3 Å². The number of benzene rings is 1. The number of carbonyl (C=O) groups is 2. The number of hydrogen-bond donors (Lipinski definition) is 1. The van der Waals surface area contributed by atoms with E-state index >= 15 is 0 Å².